The standard InChI is InChI=1S/C24H17F3N4O/c1-15-2-5-19(17-8-10-20(11-9-17)24(25,26)27)12-22-29-21(13-23(32)31(22)30-15)18-6-3-16(14-28)4-7-18/h2-13,22,29H,1H3/b5-2?,19-12-,30-15?. The Morgan fingerprint density at radius 3 is 2.31 bits per heavy atom. The van der Waals surface area contributed by atoms with Crippen molar-refractivity contribution < 1.29 is 18.0 Å². The molecular weight excluding hydrogens is 417 g/mol. The molecule has 4 rings (SSSR count). The van der Waals surface area contributed by atoms with Gasteiger partial charge < -0.3 is 5.32 Å². The van der Waals surface area contributed by atoms with Crippen LogP contribution in [-0.2, 0) is 11.0 Å². The van der Waals surface area contributed by atoms with Crippen molar-refractivity contribution in [2.24, 2.45) is 5.10 Å². The fourth-order valence-corrected chi connectivity index (χ4v) is 3.39. The van der Waals surface area contributed by atoms with Gasteiger partial charge in [0.2, 0.25) is 0 Å². The van der Waals surface area contributed by atoms with E-state index < -0.39 is 17.9 Å². The zero-order chi connectivity index (χ0) is 22.9. The van der Waals surface area contributed by atoms with Crippen molar-refractivity contribution in [1.29, 1.82) is 5.26 Å². The number of nitrogens with zero attached hydrogens (tertiary/aromatic N) is 3. The van der Waals surface area contributed by atoms with E-state index in [2.05, 4.69) is 10.4 Å². The summed E-state index contributed by atoms with van der Waals surface area (Å²) in [7, 11) is 0. The van der Waals surface area contributed by atoms with Crippen molar-refractivity contribution in [2.45, 2.75) is 19.3 Å². The van der Waals surface area contributed by atoms with E-state index in [1.165, 1.54) is 23.2 Å². The monoisotopic (exact) mass is 434 g/mol. The number of hydrogen-bond donors (Lipinski definition) is 1. The highest BCUT2D eigenvalue weighted by molar-refractivity contribution is 6.01. The lowest BCUT2D eigenvalue weighted by Crippen LogP contribution is -2.47. The Morgan fingerprint density at radius 2 is 1.69 bits per heavy atom. The molecule has 160 valence electrons. The molecular formula is C24H17F3N4O. The van der Waals surface area contributed by atoms with Gasteiger partial charge in [0.15, 0.2) is 0 Å². The van der Waals surface area contributed by atoms with E-state index in [0.29, 0.717) is 28.1 Å². The van der Waals surface area contributed by atoms with Gasteiger partial charge in [0.1, 0.15) is 6.17 Å². The predicted molar refractivity (Wildman–Crippen MR) is 115 cm³/mol. The average molecular weight is 434 g/mol. The third-order valence-corrected chi connectivity index (χ3v) is 5.04. The van der Waals surface area contributed by atoms with Crippen LogP contribution in [0.4, 0.5) is 13.2 Å². The summed E-state index contributed by atoms with van der Waals surface area (Å²) in [5.41, 5.74) is 2.84. The summed E-state index contributed by atoms with van der Waals surface area (Å²) in [6.45, 7) is 1.73. The van der Waals surface area contributed by atoms with Crippen molar-refractivity contribution in [3.05, 3.63) is 95.1 Å². The fraction of sp³-hybridized carbons (Fsp3) is 0.125. The molecule has 1 atom stereocenters. The highest BCUT2D eigenvalue weighted by Crippen LogP contribution is 2.31. The lowest BCUT2D eigenvalue weighted by Gasteiger charge is -2.32. The fourth-order valence-electron chi connectivity index (χ4n) is 3.39. The van der Waals surface area contributed by atoms with Gasteiger partial charge in [0.05, 0.1) is 22.9 Å². The molecule has 0 aromatic heterocycles. The van der Waals surface area contributed by atoms with Crippen LogP contribution in [0.5, 0.6) is 0 Å². The Bertz CT molecular complexity index is 1210. The Morgan fingerprint density at radius 1 is 1.03 bits per heavy atom. The van der Waals surface area contributed by atoms with E-state index in [0.717, 1.165) is 17.7 Å². The molecule has 0 fully saturated rings. The van der Waals surface area contributed by atoms with Gasteiger partial charge in [-0.25, -0.2) is 5.01 Å². The molecule has 2 aliphatic rings. The molecule has 1 amide bonds. The molecule has 2 aliphatic heterocycles. The quantitative estimate of drug-likeness (QED) is 0.745. The number of allylic oxidation sites excluding steroid dienone is 3. The van der Waals surface area contributed by atoms with Crippen molar-refractivity contribution >= 4 is 22.9 Å². The predicted octanol–water partition coefficient (Wildman–Crippen LogP) is 4.71. The summed E-state index contributed by atoms with van der Waals surface area (Å²) in [5, 5.41) is 17.9. The van der Waals surface area contributed by atoms with E-state index in [-0.39, 0.29) is 5.91 Å². The summed E-state index contributed by atoms with van der Waals surface area (Å²) in [5.74, 6) is -0.342. The molecule has 0 saturated carbocycles. The van der Waals surface area contributed by atoms with Crippen LogP contribution in [0.1, 0.15) is 29.2 Å². The Hall–Kier alpha value is -4.12. The number of hydrazone groups is 1. The lowest BCUT2D eigenvalue weighted by molar-refractivity contribution is -0.137. The molecule has 0 saturated heterocycles. The molecule has 0 spiro atoms. The number of nitriles is 1. The molecule has 0 aliphatic carbocycles. The van der Waals surface area contributed by atoms with Gasteiger partial charge in [0, 0.05) is 11.8 Å². The smallest absolute Gasteiger partial charge is 0.360 e. The van der Waals surface area contributed by atoms with Crippen LogP contribution in [-0.4, -0.2) is 22.8 Å². The van der Waals surface area contributed by atoms with Crippen LogP contribution < -0.4 is 5.32 Å². The van der Waals surface area contributed by atoms with Gasteiger partial charge in [-0.05, 0) is 60.0 Å². The first-order valence-corrected chi connectivity index (χ1v) is 9.69. The zero-order valence-electron chi connectivity index (χ0n) is 16.9. The van der Waals surface area contributed by atoms with Crippen LogP contribution >= 0.6 is 0 Å². The molecule has 5 nitrogen and oxygen atoms in total. The number of carbonyl (C=O) groups is 1. The number of benzene rings is 2. The maximum atomic E-state index is 12.9. The first-order valence-electron chi connectivity index (χ1n) is 9.69. The van der Waals surface area contributed by atoms with Crippen molar-refractivity contribution in [3.8, 4) is 6.07 Å². The largest absolute Gasteiger partial charge is 0.416 e. The summed E-state index contributed by atoms with van der Waals surface area (Å²) >= 11 is 0. The van der Waals surface area contributed by atoms with E-state index in [1.54, 1.807) is 49.4 Å². The summed E-state index contributed by atoms with van der Waals surface area (Å²) < 4.78 is 38.8. The van der Waals surface area contributed by atoms with Crippen molar-refractivity contribution in [1.82, 2.24) is 10.3 Å². The van der Waals surface area contributed by atoms with Gasteiger partial charge >= 0.3 is 6.18 Å². The van der Waals surface area contributed by atoms with E-state index >= 15 is 0 Å². The molecule has 1 N–H and O–H groups in total. The topological polar surface area (TPSA) is 68.5 Å². The first kappa shape index (κ1) is 21.1. The summed E-state index contributed by atoms with van der Waals surface area (Å²) in [6, 6.07) is 13.7. The number of rotatable bonds is 2. The minimum absolute atomic E-state index is 0.342. The normalized spacial score (nSPS) is 20.0. The van der Waals surface area contributed by atoms with Gasteiger partial charge in [-0.2, -0.15) is 23.5 Å². The van der Waals surface area contributed by atoms with E-state index in [9.17, 15) is 18.0 Å². The maximum absolute atomic E-state index is 12.9. The molecule has 2 aromatic rings. The van der Waals surface area contributed by atoms with E-state index in [4.69, 9.17) is 5.26 Å². The van der Waals surface area contributed by atoms with Gasteiger partial charge in [-0.1, -0.05) is 30.3 Å². The number of amides is 1. The molecule has 0 bridgehead atoms. The van der Waals surface area contributed by atoms with Crippen molar-refractivity contribution in [2.75, 3.05) is 0 Å². The number of alkyl halides is 3. The highest BCUT2D eigenvalue weighted by Gasteiger charge is 2.31. The third kappa shape index (κ3) is 4.32. The molecule has 2 heterocycles. The Balaban J connectivity index is 1.71. The number of carbonyl (C=O) groups excluding carboxylic acids is 1. The number of hydrogen-bond acceptors (Lipinski definition) is 4. The van der Waals surface area contributed by atoms with Crippen LogP contribution in [0, 0.1) is 11.3 Å². The summed E-state index contributed by atoms with van der Waals surface area (Å²) in [6.07, 6.45) is 1.55. The summed E-state index contributed by atoms with van der Waals surface area (Å²) in [4.78, 5) is 12.8. The minimum Gasteiger partial charge on any atom is -0.360 e. The van der Waals surface area contributed by atoms with Crippen molar-refractivity contribution in [3.63, 3.8) is 0 Å². The molecule has 0 radical (unpaired) electrons. The van der Waals surface area contributed by atoms with Crippen LogP contribution in [0.3, 0.4) is 0 Å². The number of fused-ring (bicyclic) bond motifs is 1. The lowest BCUT2D eigenvalue weighted by atomic mass is 10.0. The Labute approximate surface area is 182 Å². The van der Waals surface area contributed by atoms with Crippen LogP contribution in [0.2, 0.25) is 0 Å². The molecule has 8 heteroatoms. The molecule has 32 heavy (non-hydrogen) atoms. The first-order chi connectivity index (χ1) is 15.2. The van der Waals surface area contributed by atoms with Gasteiger partial charge in [-0.15, -0.1) is 0 Å². The SMILES string of the molecule is CC1=NN2C(=O)C=C(c3ccc(C#N)cc3)NC2/C=C(\c2ccc(C(F)(F)F)cc2)C=C1. The van der Waals surface area contributed by atoms with Gasteiger partial charge in [0.25, 0.3) is 5.91 Å². The molecule has 1 unspecified atom stereocenters. The second-order valence-electron chi connectivity index (χ2n) is 7.29. The number of nitrogens with one attached hydrogen (secondary N) is 1. The third-order valence-electron chi connectivity index (χ3n) is 5.04. The second-order valence-corrected chi connectivity index (χ2v) is 7.29. The average Bonchev–Trinajstić information content (AvgIpc) is 2.76. The van der Waals surface area contributed by atoms with Crippen LogP contribution in [0.25, 0.3) is 11.3 Å². The van der Waals surface area contributed by atoms with Crippen LogP contribution in [0.15, 0.2) is 77.9 Å². The highest BCUT2D eigenvalue weighted by atomic mass is 19.4. The molecule has 2 aromatic carbocycles. The van der Waals surface area contributed by atoms with E-state index in [1.807, 2.05) is 6.07 Å². The van der Waals surface area contributed by atoms with Gasteiger partial charge in [-0.3, -0.25) is 4.79 Å². The number of halogens is 3. The second kappa shape index (κ2) is 8.19. The Kier molecular flexibility index (Phi) is 5.41. The minimum atomic E-state index is -4.41. The zero-order valence-corrected chi connectivity index (χ0v) is 16.9. The maximum Gasteiger partial charge on any atom is 0.416 e.